The van der Waals surface area contributed by atoms with E-state index in [4.69, 9.17) is 0 Å². The van der Waals surface area contributed by atoms with Crippen LogP contribution in [0.15, 0.2) is 59.9 Å². The third-order valence-corrected chi connectivity index (χ3v) is 8.56. The van der Waals surface area contributed by atoms with Crippen LogP contribution < -0.4 is 5.32 Å². The van der Waals surface area contributed by atoms with Gasteiger partial charge in [0, 0.05) is 37.8 Å². The van der Waals surface area contributed by atoms with Crippen LogP contribution in [0.25, 0.3) is 0 Å². The normalized spacial score (nSPS) is 31.4. The molecule has 2 saturated heterocycles. The molecule has 1 saturated carbocycles. The number of hydrogen-bond donors (Lipinski definition) is 2. The Hall–Kier alpha value is -2.11. The molecule has 5 nitrogen and oxygen atoms in total. The molecule has 0 aromatic heterocycles. The second-order valence-electron chi connectivity index (χ2n) is 10.9. The fourth-order valence-electron chi connectivity index (χ4n) is 6.86. The van der Waals surface area contributed by atoms with E-state index in [2.05, 4.69) is 39.9 Å². The van der Waals surface area contributed by atoms with Gasteiger partial charge in [-0.05, 0) is 74.7 Å². The maximum Gasteiger partial charge on any atom is 0.227 e. The number of rotatable bonds is 7. The monoisotopic (exact) mass is 463 g/mol. The first-order valence-electron chi connectivity index (χ1n) is 13.5. The number of likely N-dealkylation sites (tertiary alicyclic amines) is 1. The Morgan fingerprint density at radius 2 is 2.00 bits per heavy atom. The van der Waals surface area contributed by atoms with Gasteiger partial charge < -0.3 is 10.4 Å². The molecular weight excluding hydrogens is 422 g/mol. The van der Waals surface area contributed by atoms with Crippen LogP contribution in [0.3, 0.4) is 0 Å². The summed E-state index contributed by atoms with van der Waals surface area (Å²) in [6.45, 7) is 7.12. The van der Waals surface area contributed by atoms with Crippen molar-refractivity contribution in [1.29, 1.82) is 0 Å². The van der Waals surface area contributed by atoms with Gasteiger partial charge >= 0.3 is 0 Å². The van der Waals surface area contributed by atoms with Gasteiger partial charge in [0.2, 0.25) is 5.91 Å². The first kappa shape index (κ1) is 23.6. The molecule has 184 valence electrons. The van der Waals surface area contributed by atoms with Crippen LogP contribution in [0.5, 0.6) is 0 Å². The Kier molecular flexibility index (Phi) is 7.40. The standard InChI is InChI=1S/C29H41N3O2/c1-2-17-31-18-16-25-14-15-26(20-31)32(25)28(23-6-5-9-27(33)19-23)21-10-12-22(13-11-21)29(34)30-24-7-3-4-8-24/h2,9-12,19,22,24-26,28,33H,1,3-8,13-18,20H2,(H,30,34). The summed E-state index contributed by atoms with van der Waals surface area (Å²) >= 11 is 0. The van der Waals surface area contributed by atoms with Gasteiger partial charge in [0.05, 0.1) is 12.0 Å². The molecule has 0 aromatic carbocycles. The maximum absolute atomic E-state index is 12.9. The molecule has 2 N–H and O–H groups in total. The first-order valence-corrected chi connectivity index (χ1v) is 13.5. The summed E-state index contributed by atoms with van der Waals surface area (Å²) in [6.07, 6.45) is 23.6. The van der Waals surface area contributed by atoms with Gasteiger partial charge in [0.15, 0.2) is 0 Å². The van der Waals surface area contributed by atoms with E-state index >= 15 is 0 Å². The fourth-order valence-corrected chi connectivity index (χ4v) is 6.86. The largest absolute Gasteiger partial charge is 0.508 e. The molecule has 2 heterocycles. The summed E-state index contributed by atoms with van der Waals surface area (Å²) in [5, 5.41) is 13.6. The van der Waals surface area contributed by atoms with E-state index in [1.807, 2.05) is 18.2 Å². The molecule has 3 fully saturated rings. The molecule has 4 atom stereocenters. The van der Waals surface area contributed by atoms with Crippen molar-refractivity contribution in [1.82, 2.24) is 15.1 Å². The van der Waals surface area contributed by atoms with E-state index in [1.54, 1.807) is 0 Å². The van der Waals surface area contributed by atoms with E-state index in [0.29, 0.717) is 23.9 Å². The lowest BCUT2D eigenvalue weighted by Gasteiger charge is -2.40. The van der Waals surface area contributed by atoms with E-state index in [0.717, 1.165) is 51.7 Å². The number of carbonyl (C=O) groups is 1. The van der Waals surface area contributed by atoms with Crippen molar-refractivity contribution in [3.05, 3.63) is 59.9 Å². The molecule has 5 aliphatic rings. The van der Waals surface area contributed by atoms with Gasteiger partial charge in [-0.15, -0.1) is 6.58 Å². The van der Waals surface area contributed by atoms with Crippen molar-refractivity contribution >= 4 is 5.91 Å². The number of carbonyl (C=O) groups excluding carboxylic acids is 1. The number of fused-ring (bicyclic) bond motifs is 2. The van der Waals surface area contributed by atoms with Crippen molar-refractivity contribution < 1.29 is 9.90 Å². The van der Waals surface area contributed by atoms with Crippen molar-refractivity contribution in [2.75, 3.05) is 19.6 Å². The van der Waals surface area contributed by atoms with Crippen molar-refractivity contribution in [3.63, 3.8) is 0 Å². The smallest absolute Gasteiger partial charge is 0.227 e. The minimum atomic E-state index is -0.0671. The topological polar surface area (TPSA) is 55.8 Å². The highest BCUT2D eigenvalue weighted by Crippen LogP contribution is 2.40. The minimum absolute atomic E-state index is 0.0671. The molecule has 0 aromatic rings. The van der Waals surface area contributed by atoms with Gasteiger partial charge in [0.1, 0.15) is 5.76 Å². The van der Waals surface area contributed by atoms with Crippen LogP contribution >= 0.6 is 0 Å². The first-order chi connectivity index (χ1) is 16.6. The SMILES string of the molecule is C=CCN1CCC2CCC(C1)N2C(C1=CCC(C(=O)NC2CCCC2)C=C1)C1=CC(O)=CCC1. The Morgan fingerprint density at radius 3 is 2.74 bits per heavy atom. The molecule has 34 heavy (non-hydrogen) atoms. The predicted molar refractivity (Wildman–Crippen MR) is 137 cm³/mol. The number of aliphatic hydroxyl groups is 1. The molecule has 4 unspecified atom stereocenters. The minimum Gasteiger partial charge on any atom is -0.508 e. The average molecular weight is 464 g/mol. The zero-order chi connectivity index (χ0) is 23.5. The van der Waals surface area contributed by atoms with E-state index in [9.17, 15) is 9.90 Å². The summed E-state index contributed by atoms with van der Waals surface area (Å²) in [6, 6.07) is 1.64. The molecular formula is C29H41N3O2. The second-order valence-corrected chi connectivity index (χ2v) is 10.9. The summed E-state index contributed by atoms with van der Waals surface area (Å²) in [4.78, 5) is 18.2. The lowest BCUT2D eigenvalue weighted by atomic mass is 9.85. The van der Waals surface area contributed by atoms with E-state index in [-0.39, 0.29) is 17.9 Å². The van der Waals surface area contributed by atoms with E-state index in [1.165, 1.54) is 43.3 Å². The van der Waals surface area contributed by atoms with Gasteiger partial charge in [-0.3, -0.25) is 14.6 Å². The van der Waals surface area contributed by atoms with Gasteiger partial charge in [0.25, 0.3) is 0 Å². The van der Waals surface area contributed by atoms with Crippen molar-refractivity contribution in [2.24, 2.45) is 5.92 Å². The van der Waals surface area contributed by atoms with Crippen LogP contribution in [0.2, 0.25) is 0 Å². The number of allylic oxidation sites excluding steroid dienone is 3. The van der Waals surface area contributed by atoms with Gasteiger partial charge in [-0.2, -0.15) is 0 Å². The Morgan fingerprint density at radius 1 is 1.18 bits per heavy atom. The molecule has 2 aliphatic heterocycles. The zero-order valence-electron chi connectivity index (χ0n) is 20.5. The second kappa shape index (κ2) is 10.7. The highest BCUT2D eigenvalue weighted by molar-refractivity contribution is 5.81. The lowest BCUT2D eigenvalue weighted by molar-refractivity contribution is -0.124. The van der Waals surface area contributed by atoms with Crippen LogP contribution in [-0.2, 0) is 4.79 Å². The number of aliphatic hydroxyl groups excluding tert-OH is 1. The third kappa shape index (κ3) is 5.11. The summed E-state index contributed by atoms with van der Waals surface area (Å²) < 4.78 is 0. The van der Waals surface area contributed by atoms with Crippen LogP contribution in [0.4, 0.5) is 0 Å². The highest BCUT2D eigenvalue weighted by atomic mass is 16.3. The van der Waals surface area contributed by atoms with Crippen molar-refractivity contribution in [3.8, 4) is 0 Å². The highest BCUT2D eigenvalue weighted by Gasteiger charge is 2.43. The average Bonchev–Trinajstić information content (AvgIpc) is 3.44. The maximum atomic E-state index is 12.9. The molecule has 5 heteroatoms. The quantitative estimate of drug-likeness (QED) is 0.533. The number of nitrogens with one attached hydrogen (secondary N) is 1. The predicted octanol–water partition coefficient (Wildman–Crippen LogP) is 4.80. The Balaban J connectivity index is 1.37. The van der Waals surface area contributed by atoms with E-state index < -0.39 is 0 Å². The molecule has 1 amide bonds. The van der Waals surface area contributed by atoms with Crippen molar-refractivity contribution in [2.45, 2.75) is 88.4 Å². The summed E-state index contributed by atoms with van der Waals surface area (Å²) in [5.74, 6) is 0.515. The number of nitrogens with zero attached hydrogens (tertiary/aromatic N) is 2. The molecule has 0 spiro atoms. The van der Waals surface area contributed by atoms with Crippen LogP contribution in [0, 0.1) is 5.92 Å². The zero-order valence-corrected chi connectivity index (χ0v) is 20.5. The number of hydrogen-bond acceptors (Lipinski definition) is 4. The third-order valence-electron chi connectivity index (χ3n) is 8.56. The lowest BCUT2D eigenvalue weighted by Crippen LogP contribution is -2.47. The molecule has 3 aliphatic carbocycles. The Labute approximate surface area is 205 Å². The van der Waals surface area contributed by atoms with Crippen LogP contribution in [0.1, 0.15) is 64.2 Å². The van der Waals surface area contributed by atoms with Crippen LogP contribution in [-0.4, -0.2) is 64.6 Å². The molecule has 2 bridgehead atoms. The number of amides is 1. The van der Waals surface area contributed by atoms with Gasteiger partial charge in [-0.25, -0.2) is 0 Å². The van der Waals surface area contributed by atoms with Gasteiger partial charge in [-0.1, -0.05) is 37.1 Å². The molecule has 5 rings (SSSR count). The fraction of sp³-hybridized carbons (Fsp3) is 0.621. The summed E-state index contributed by atoms with van der Waals surface area (Å²) in [5.41, 5.74) is 2.62. The summed E-state index contributed by atoms with van der Waals surface area (Å²) in [7, 11) is 0. The molecule has 0 radical (unpaired) electrons. The Bertz CT molecular complexity index is 895.